The zero-order valence-electron chi connectivity index (χ0n) is 28.0. The van der Waals surface area contributed by atoms with Gasteiger partial charge in [0.05, 0.1) is 0 Å². The molecular formula is C42H56N2. The molecule has 3 saturated carbocycles. The summed E-state index contributed by atoms with van der Waals surface area (Å²) in [5.74, 6) is 1.39. The molecule has 0 radical (unpaired) electrons. The maximum absolute atomic E-state index is 4.61. The van der Waals surface area contributed by atoms with E-state index in [1.54, 1.807) is 5.56 Å². The van der Waals surface area contributed by atoms with Crippen LogP contribution < -0.4 is 10.6 Å². The minimum Gasteiger partial charge on any atom is -0.386 e. The first-order valence-corrected chi connectivity index (χ1v) is 17.7. The second-order valence-electron chi connectivity index (χ2n) is 14.9. The molecule has 1 heterocycles. The molecule has 4 aliphatic rings. The van der Waals surface area contributed by atoms with E-state index in [9.17, 15) is 0 Å². The lowest BCUT2D eigenvalue weighted by Gasteiger charge is -2.40. The summed E-state index contributed by atoms with van der Waals surface area (Å²) in [7, 11) is 0. The Morgan fingerprint density at radius 2 is 1.89 bits per heavy atom. The summed E-state index contributed by atoms with van der Waals surface area (Å²) in [5, 5.41) is 7.84. The second kappa shape index (κ2) is 12.9. The molecule has 4 fully saturated rings. The highest BCUT2D eigenvalue weighted by Gasteiger charge is 2.50. The highest BCUT2D eigenvalue weighted by atomic mass is 15.1. The van der Waals surface area contributed by atoms with Crippen molar-refractivity contribution in [3.8, 4) is 11.1 Å². The molecule has 2 aromatic rings. The van der Waals surface area contributed by atoms with Crippen LogP contribution in [0.2, 0.25) is 0 Å². The first kappa shape index (κ1) is 31.2. The van der Waals surface area contributed by atoms with Crippen molar-refractivity contribution in [3.63, 3.8) is 0 Å². The molecule has 3 atom stereocenters. The van der Waals surface area contributed by atoms with Crippen molar-refractivity contribution >= 4 is 5.57 Å². The molecule has 1 aliphatic heterocycles. The number of rotatable bonds is 11. The van der Waals surface area contributed by atoms with E-state index in [4.69, 9.17) is 0 Å². The van der Waals surface area contributed by atoms with Crippen molar-refractivity contribution in [1.82, 2.24) is 10.6 Å². The first-order chi connectivity index (χ1) is 21.3. The molecule has 44 heavy (non-hydrogen) atoms. The number of hydrogen-bond acceptors (Lipinski definition) is 2. The fraction of sp³-hybridized carbons (Fsp3) is 0.524. The Morgan fingerprint density at radius 3 is 2.52 bits per heavy atom. The van der Waals surface area contributed by atoms with Crippen molar-refractivity contribution in [3.05, 3.63) is 101 Å². The maximum atomic E-state index is 4.61. The van der Waals surface area contributed by atoms with E-state index in [2.05, 4.69) is 100 Å². The highest BCUT2D eigenvalue weighted by Crippen LogP contribution is 2.49. The average molecular weight is 589 g/mol. The predicted molar refractivity (Wildman–Crippen MR) is 190 cm³/mol. The molecule has 1 spiro atoms. The minimum atomic E-state index is 0.172. The third-order valence-electron chi connectivity index (χ3n) is 11.8. The molecule has 234 valence electrons. The molecule has 0 aromatic heterocycles. The number of hydrogen-bond donors (Lipinski definition) is 2. The zero-order valence-corrected chi connectivity index (χ0v) is 28.0. The third-order valence-corrected chi connectivity index (χ3v) is 11.8. The molecule has 3 aliphatic carbocycles. The Bertz CT molecular complexity index is 1450. The molecule has 2 N–H and O–H groups in total. The molecular weight excluding hydrogens is 532 g/mol. The maximum Gasteiger partial charge on any atom is 0.0261 e. The van der Waals surface area contributed by atoms with Crippen LogP contribution in [0.15, 0.2) is 79.1 Å². The van der Waals surface area contributed by atoms with Gasteiger partial charge in [-0.2, -0.15) is 0 Å². The quantitative estimate of drug-likeness (QED) is 0.255. The van der Waals surface area contributed by atoms with Gasteiger partial charge in [-0.25, -0.2) is 0 Å². The molecule has 1 saturated heterocycles. The molecule has 2 unspecified atom stereocenters. The van der Waals surface area contributed by atoms with Gasteiger partial charge in [-0.05, 0) is 147 Å². The molecule has 2 aromatic carbocycles. The number of allylic oxidation sites excluding steroid dienone is 5. The van der Waals surface area contributed by atoms with Gasteiger partial charge in [0.2, 0.25) is 0 Å². The van der Waals surface area contributed by atoms with E-state index in [1.807, 2.05) is 6.08 Å². The summed E-state index contributed by atoms with van der Waals surface area (Å²) < 4.78 is 0. The summed E-state index contributed by atoms with van der Waals surface area (Å²) in [6.45, 7) is 18.9. The van der Waals surface area contributed by atoms with Crippen LogP contribution >= 0.6 is 0 Å². The van der Waals surface area contributed by atoms with Crippen molar-refractivity contribution < 1.29 is 0 Å². The van der Waals surface area contributed by atoms with Gasteiger partial charge in [0, 0.05) is 29.2 Å². The van der Waals surface area contributed by atoms with E-state index < -0.39 is 0 Å². The van der Waals surface area contributed by atoms with E-state index >= 15 is 0 Å². The molecule has 2 heteroatoms. The van der Waals surface area contributed by atoms with Crippen LogP contribution in [0.1, 0.15) is 120 Å². The van der Waals surface area contributed by atoms with Gasteiger partial charge >= 0.3 is 0 Å². The van der Waals surface area contributed by atoms with Crippen molar-refractivity contribution in [2.45, 2.75) is 122 Å². The van der Waals surface area contributed by atoms with Gasteiger partial charge in [-0.1, -0.05) is 82.0 Å². The summed E-state index contributed by atoms with van der Waals surface area (Å²) in [5.41, 5.74) is 13.2. The van der Waals surface area contributed by atoms with Crippen LogP contribution in [0.5, 0.6) is 0 Å². The largest absolute Gasteiger partial charge is 0.386 e. The van der Waals surface area contributed by atoms with Crippen LogP contribution in [0.4, 0.5) is 0 Å². The molecule has 2 nitrogen and oxygen atoms in total. The molecule has 0 amide bonds. The molecule has 0 bridgehead atoms. The Morgan fingerprint density at radius 1 is 1.07 bits per heavy atom. The van der Waals surface area contributed by atoms with E-state index in [0.717, 1.165) is 19.4 Å². The summed E-state index contributed by atoms with van der Waals surface area (Å²) in [6.07, 6.45) is 21.8. The smallest absolute Gasteiger partial charge is 0.0261 e. The molecule has 6 rings (SSSR count). The minimum absolute atomic E-state index is 0.172. The Balaban J connectivity index is 1.26. The topological polar surface area (TPSA) is 24.1 Å². The van der Waals surface area contributed by atoms with Gasteiger partial charge in [0.25, 0.3) is 0 Å². The van der Waals surface area contributed by atoms with Gasteiger partial charge in [0.15, 0.2) is 0 Å². The fourth-order valence-electron chi connectivity index (χ4n) is 8.86. The highest BCUT2D eigenvalue weighted by molar-refractivity contribution is 5.85. The Kier molecular flexibility index (Phi) is 9.12. The monoisotopic (exact) mass is 588 g/mol. The lowest BCUT2D eigenvalue weighted by Crippen LogP contribution is -2.45. The third kappa shape index (κ3) is 6.04. The number of nitrogens with one attached hydrogen (secondary N) is 2. The normalized spacial score (nSPS) is 26.8. The lowest BCUT2D eigenvalue weighted by atomic mass is 9.70. The van der Waals surface area contributed by atoms with Gasteiger partial charge in [0.1, 0.15) is 0 Å². The Hall–Kier alpha value is -2.84. The van der Waals surface area contributed by atoms with E-state index in [1.165, 1.54) is 109 Å². The SMILES string of the molecule is C=CC(=C/C)/C(=C\CC)c1ccc(CC2CC[C@@H](NC(=C)C3(C)CNC4(CCC4)C3)C2)c(-c2cccc(C)c2C2CCC2)c1. The van der Waals surface area contributed by atoms with Crippen LogP contribution in [-0.2, 0) is 6.42 Å². The van der Waals surface area contributed by atoms with Gasteiger partial charge < -0.3 is 10.6 Å². The van der Waals surface area contributed by atoms with E-state index in [0.29, 0.717) is 23.4 Å². The second-order valence-corrected chi connectivity index (χ2v) is 14.9. The van der Waals surface area contributed by atoms with Crippen molar-refractivity contribution in [2.75, 3.05) is 6.54 Å². The van der Waals surface area contributed by atoms with Crippen LogP contribution in [0.25, 0.3) is 16.7 Å². The number of aryl methyl sites for hydroxylation is 1. The summed E-state index contributed by atoms with van der Waals surface area (Å²) >= 11 is 0. The van der Waals surface area contributed by atoms with Crippen molar-refractivity contribution in [2.24, 2.45) is 11.3 Å². The van der Waals surface area contributed by atoms with Gasteiger partial charge in [-0.3, -0.25) is 0 Å². The average Bonchev–Trinajstić information content (AvgIpc) is 3.58. The van der Waals surface area contributed by atoms with Crippen molar-refractivity contribution in [1.29, 1.82) is 0 Å². The fourth-order valence-corrected chi connectivity index (χ4v) is 8.86. The Labute approximate surface area is 268 Å². The standard InChI is InChI=1S/C42H56N2/c1-7-13-37(32(8-2)9-3)35-20-19-34(39(26-35)38-17-10-14-29(4)40(38)33-15-11-16-33)24-31-18-21-36(25-31)44-30(5)41(6)27-42(43-28-41)22-12-23-42/h8-10,13-14,17,19-20,26,31,33,36,43-44H,2,5,7,11-12,15-16,18,21-25,27-28H2,1,3-4,6H3/b32-9-,37-13+/t31?,36-,41?/m1/s1. The van der Waals surface area contributed by atoms with E-state index in [-0.39, 0.29) is 5.41 Å². The van der Waals surface area contributed by atoms with Crippen LogP contribution in [0.3, 0.4) is 0 Å². The van der Waals surface area contributed by atoms with Crippen LogP contribution in [-0.4, -0.2) is 18.1 Å². The zero-order chi connectivity index (χ0) is 30.9. The van der Waals surface area contributed by atoms with Gasteiger partial charge in [-0.15, -0.1) is 0 Å². The summed E-state index contributed by atoms with van der Waals surface area (Å²) in [4.78, 5) is 0. The predicted octanol–water partition coefficient (Wildman–Crippen LogP) is 10.6. The van der Waals surface area contributed by atoms with Crippen LogP contribution in [0, 0.1) is 18.3 Å². The lowest BCUT2D eigenvalue weighted by molar-refractivity contribution is 0.200. The number of benzene rings is 2. The summed E-state index contributed by atoms with van der Waals surface area (Å²) in [6, 6.07) is 14.9. The first-order valence-electron chi connectivity index (χ1n) is 17.7.